The quantitative estimate of drug-likeness (QED) is 0.876. The van der Waals surface area contributed by atoms with Crippen molar-refractivity contribution in [3.63, 3.8) is 0 Å². The minimum Gasteiger partial charge on any atom is -0.476 e. The summed E-state index contributed by atoms with van der Waals surface area (Å²) in [4.78, 5) is 25.2. The van der Waals surface area contributed by atoms with Crippen molar-refractivity contribution in [2.24, 2.45) is 0 Å². The molecule has 1 N–H and O–H groups in total. The normalized spacial score (nSPS) is 22.7. The Labute approximate surface area is 116 Å². The van der Waals surface area contributed by atoms with E-state index in [9.17, 15) is 9.59 Å². The van der Waals surface area contributed by atoms with Gasteiger partial charge in [0.1, 0.15) is 5.69 Å². The molecule has 0 spiro atoms. The van der Waals surface area contributed by atoms with Crippen molar-refractivity contribution in [3.05, 3.63) is 17.5 Å². The van der Waals surface area contributed by atoms with E-state index in [0.29, 0.717) is 25.3 Å². The topological polar surface area (TPSA) is 84.7 Å². The molecule has 1 aromatic rings. The van der Waals surface area contributed by atoms with Crippen LogP contribution in [0.3, 0.4) is 0 Å². The number of amides is 1. The van der Waals surface area contributed by atoms with Gasteiger partial charge in [-0.15, -0.1) is 0 Å². The van der Waals surface area contributed by atoms with Gasteiger partial charge in [0.2, 0.25) is 0 Å². The molecule has 0 saturated carbocycles. The highest BCUT2D eigenvalue weighted by molar-refractivity contribution is 5.95. The van der Waals surface area contributed by atoms with Crippen LogP contribution < -0.4 is 0 Å². The summed E-state index contributed by atoms with van der Waals surface area (Å²) in [7, 11) is 0. The third-order valence-corrected chi connectivity index (χ3v) is 3.75. The second kappa shape index (κ2) is 5.24. The molecule has 0 radical (unpaired) electrons. The van der Waals surface area contributed by atoms with E-state index in [1.54, 1.807) is 4.90 Å². The van der Waals surface area contributed by atoms with Crippen molar-refractivity contribution in [3.8, 4) is 0 Å². The fourth-order valence-electron chi connectivity index (χ4n) is 2.75. The average Bonchev–Trinajstić information content (AvgIpc) is 3.03. The third kappa shape index (κ3) is 2.40. The second-order valence-electron chi connectivity index (χ2n) is 5.18. The van der Waals surface area contributed by atoms with Crippen LogP contribution in [0, 0.1) is 0 Å². The van der Waals surface area contributed by atoms with Gasteiger partial charge < -0.3 is 14.7 Å². The summed E-state index contributed by atoms with van der Waals surface area (Å²) in [5, 5.41) is 12.9. The number of carbonyl (C=O) groups excluding carboxylic acids is 1. The molecule has 2 aliphatic rings. The molecule has 7 nitrogen and oxygen atoms in total. The van der Waals surface area contributed by atoms with Gasteiger partial charge in [-0.05, 0) is 19.3 Å². The summed E-state index contributed by atoms with van der Waals surface area (Å²) in [6, 6.07) is 1.36. The van der Waals surface area contributed by atoms with Gasteiger partial charge in [0.15, 0.2) is 5.69 Å². The van der Waals surface area contributed by atoms with Crippen LogP contribution in [0.5, 0.6) is 0 Å². The largest absolute Gasteiger partial charge is 0.476 e. The highest BCUT2D eigenvalue weighted by atomic mass is 16.5. The lowest BCUT2D eigenvalue weighted by Gasteiger charge is -2.23. The monoisotopic (exact) mass is 279 g/mol. The molecular weight excluding hydrogens is 262 g/mol. The summed E-state index contributed by atoms with van der Waals surface area (Å²) < 4.78 is 7.07. The van der Waals surface area contributed by atoms with Gasteiger partial charge in [-0.1, -0.05) is 0 Å². The van der Waals surface area contributed by atoms with Gasteiger partial charge in [0.25, 0.3) is 5.91 Å². The number of aryl methyl sites for hydroxylation is 1. The number of nitrogens with zero attached hydrogens (tertiary/aromatic N) is 3. The molecule has 20 heavy (non-hydrogen) atoms. The number of hydrogen-bond acceptors (Lipinski definition) is 4. The number of fused-ring (bicyclic) bond motifs is 1. The Morgan fingerprint density at radius 3 is 3.00 bits per heavy atom. The molecule has 3 rings (SSSR count). The zero-order valence-corrected chi connectivity index (χ0v) is 11.1. The van der Waals surface area contributed by atoms with Crippen molar-refractivity contribution < 1.29 is 19.4 Å². The predicted molar refractivity (Wildman–Crippen MR) is 68.7 cm³/mol. The summed E-state index contributed by atoms with van der Waals surface area (Å²) >= 11 is 0. The molecule has 1 amide bonds. The molecule has 0 bridgehead atoms. The van der Waals surface area contributed by atoms with E-state index >= 15 is 0 Å². The molecule has 3 heterocycles. The molecule has 2 aliphatic heterocycles. The number of carboxylic acid groups (broad SMARTS) is 1. The molecule has 0 aromatic carbocycles. The lowest BCUT2D eigenvalue weighted by molar-refractivity contribution is 0.0530. The Bertz CT molecular complexity index is 534. The number of rotatable bonds is 3. The molecule has 1 fully saturated rings. The van der Waals surface area contributed by atoms with Gasteiger partial charge in [-0.25, -0.2) is 4.79 Å². The van der Waals surface area contributed by atoms with Crippen LogP contribution in [-0.4, -0.2) is 57.5 Å². The molecule has 108 valence electrons. The first-order valence-electron chi connectivity index (χ1n) is 6.87. The number of aromatic carboxylic acids is 1. The van der Waals surface area contributed by atoms with E-state index in [1.165, 1.54) is 10.7 Å². The van der Waals surface area contributed by atoms with Gasteiger partial charge in [0, 0.05) is 32.3 Å². The molecular formula is C13H17N3O4. The smallest absolute Gasteiger partial charge is 0.356 e. The van der Waals surface area contributed by atoms with Crippen molar-refractivity contribution in [2.45, 2.75) is 31.9 Å². The number of carboxylic acids is 1. The van der Waals surface area contributed by atoms with Gasteiger partial charge in [0.05, 0.1) is 6.10 Å². The van der Waals surface area contributed by atoms with Crippen LogP contribution in [0.2, 0.25) is 0 Å². The van der Waals surface area contributed by atoms with E-state index in [-0.39, 0.29) is 17.7 Å². The molecule has 1 aromatic heterocycles. The van der Waals surface area contributed by atoms with E-state index < -0.39 is 5.97 Å². The first kappa shape index (κ1) is 13.1. The average molecular weight is 279 g/mol. The zero-order chi connectivity index (χ0) is 14.1. The van der Waals surface area contributed by atoms with Crippen LogP contribution in [0.4, 0.5) is 0 Å². The standard InChI is InChI=1S/C13H17N3O4/c17-12-11-7-10(13(18)19)14-16(11)5-2-4-15(12)8-9-3-1-6-20-9/h7,9H,1-6,8H2,(H,18,19)/t9-/m1/s1. The fraction of sp³-hybridized carbons (Fsp3) is 0.615. The SMILES string of the molecule is O=C(O)c1cc2n(n1)CCCN(C[C@H]1CCCO1)C2=O. The van der Waals surface area contributed by atoms with E-state index in [4.69, 9.17) is 9.84 Å². The van der Waals surface area contributed by atoms with Gasteiger partial charge in [-0.2, -0.15) is 5.10 Å². The van der Waals surface area contributed by atoms with Crippen LogP contribution in [-0.2, 0) is 11.3 Å². The third-order valence-electron chi connectivity index (χ3n) is 3.75. The lowest BCUT2D eigenvalue weighted by atomic mass is 10.2. The van der Waals surface area contributed by atoms with Gasteiger partial charge >= 0.3 is 5.97 Å². The Kier molecular flexibility index (Phi) is 3.43. The minimum atomic E-state index is -1.11. The number of ether oxygens (including phenoxy) is 1. The van der Waals surface area contributed by atoms with Crippen LogP contribution in [0.1, 0.15) is 40.2 Å². The maximum atomic E-state index is 12.5. The fourth-order valence-corrected chi connectivity index (χ4v) is 2.75. The number of aromatic nitrogens is 2. The van der Waals surface area contributed by atoms with Gasteiger partial charge in [-0.3, -0.25) is 9.48 Å². The predicted octanol–water partition coefficient (Wildman–Crippen LogP) is 0.606. The summed E-state index contributed by atoms with van der Waals surface area (Å²) in [5.74, 6) is -1.26. The first-order chi connectivity index (χ1) is 9.65. The maximum absolute atomic E-state index is 12.5. The molecule has 0 unspecified atom stereocenters. The molecule has 1 atom stereocenters. The number of carbonyl (C=O) groups is 2. The summed E-state index contributed by atoms with van der Waals surface area (Å²) in [6.45, 7) is 2.56. The van der Waals surface area contributed by atoms with Crippen LogP contribution in [0.25, 0.3) is 0 Å². The van der Waals surface area contributed by atoms with Crippen molar-refractivity contribution in [1.29, 1.82) is 0 Å². The Morgan fingerprint density at radius 1 is 1.45 bits per heavy atom. The zero-order valence-electron chi connectivity index (χ0n) is 11.1. The lowest BCUT2D eigenvalue weighted by Crippen LogP contribution is -2.37. The summed E-state index contributed by atoms with van der Waals surface area (Å²) in [6.07, 6.45) is 2.89. The van der Waals surface area contributed by atoms with E-state index in [1.807, 2.05) is 0 Å². The van der Waals surface area contributed by atoms with E-state index in [0.717, 1.165) is 25.9 Å². The minimum absolute atomic E-state index is 0.0766. The van der Waals surface area contributed by atoms with Crippen LogP contribution in [0.15, 0.2) is 6.07 Å². The maximum Gasteiger partial charge on any atom is 0.356 e. The Balaban J connectivity index is 1.80. The second-order valence-corrected chi connectivity index (χ2v) is 5.18. The molecule has 1 saturated heterocycles. The van der Waals surface area contributed by atoms with Crippen molar-refractivity contribution in [1.82, 2.24) is 14.7 Å². The Hall–Kier alpha value is -1.89. The highest BCUT2D eigenvalue weighted by Crippen LogP contribution is 2.18. The van der Waals surface area contributed by atoms with Crippen molar-refractivity contribution in [2.75, 3.05) is 19.7 Å². The number of hydrogen-bond donors (Lipinski definition) is 1. The highest BCUT2D eigenvalue weighted by Gasteiger charge is 2.28. The van der Waals surface area contributed by atoms with Crippen LogP contribution >= 0.6 is 0 Å². The first-order valence-corrected chi connectivity index (χ1v) is 6.87. The Morgan fingerprint density at radius 2 is 2.30 bits per heavy atom. The molecule has 7 heteroatoms. The molecule has 0 aliphatic carbocycles. The van der Waals surface area contributed by atoms with E-state index in [2.05, 4.69) is 5.10 Å². The summed E-state index contributed by atoms with van der Waals surface area (Å²) in [5.41, 5.74) is 0.283. The van der Waals surface area contributed by atoms with Crippen molar-refractivity contribution >= 4 is 11.9 Å².